The minimum atomic E-state index is -1.21. The molecule has 0 aromatic rings. The van der Waals surface area contributed by atoms with Crippen molar-refractivity contribution in [2.45, 2.75) is 32.4 Å². The predicted molar refractivity (Wildman–Crippen MR) is 82.2 cm³/mol. The van der Waals surface area contributed by atoms with Crippen molar-refractivity contribution < 1.29 is 29.1 Å². The van der Waals surface area contributed by atoms with Gasteiger partial charge in [-0.15, -0.1) is 0 Å². The Hall–Kier alpha value is -2.69. The molecule has 0 aliphatic rings. The van der Waals surface area contributed by atoms with Crippen molar-refractivity contribution in [1.29, 1.82) is 0 Å². The van der Waals surface area contributed by atoms with E-state index in [0.717, 1.165) is 0 Å². The van der Waals surface area contributed by atoms with Gasteiger partial charge in [0.25, 0.3) is 0 Å². The molecule has 0 heterocycles. The van der Waals surface area contributed by atoms with Crippen LogP contribution in [0.5, 0.6) is 0 Å². The van der Waals surface area contributed by atoms with Gasteiger partial charge in [0.15, 0.2) is 0 Å². The van der Waals surface area contributed by atoms with Crippen LogP contribution in [0, 0.1) is 5.92 Å². The molecule has 2 atom stereocenters. The van der Waals surface area contributed by atoms with Crippen molar-refractivity contribution in [2.24, 2.45) is 17.4 Å². The second-order valence-electron chi connectivity index (χ2n) is 5.40. The normalized spacial score (nSPS) is 12.8. The minimum Gasteiger partial charge on any atom is -0.480 e. The van der Waals surface area contributed by atoms with E-state index >= 15 is 0 Å². The minimum absolute atomic E-state index is 0.310. The third-order valence-corrected chi connectivity index (χ3v) is 2.86. The fourth-order valence-electron chi connectivity index (χ4n) is 1.64. The number of primary amides is 1. The fraction of sp³-hybridized carbons (Fsp3) is 0.615. The molecular formula is C13H23N5O6. The third kappa shape index (κ3) is 8.68. The molecule has 0 aromatic carbocycles. The van der Waals surface area contributed by atoms with E-state index in [-0.39, 0.29) is 12.3 Å². The number of carboxylic acid groups (broad SMARTS) is 1. The Labute approximate surface area is 138 Å². The van der Waals surface area contributed by atoms with Crippen LogP contribution in [-0.4, -0.2) is 59.9 Å². The van der Waals surface area contributed by atoms with Gasteiger partial charge in [0.1, 0.15) is 12.6 Å². The first-order valence-electron chi connectivity index (χ1n) is 7.15. The lowest BCUT2D eigenvalue weighted by Crippen LogP contribution is -2.53. The largest absolute Gasteiger partial charge is 0.480 e. The molecule has 2 unspecified atom stereocenters. The van der Waals surface area contributed by atoms with Gasteiger partial charge in [-0.3, -0.25) is 24.0 Å². The molecule has 8 N–H and O–H groups in total. The zero-order valence-electron chi connectivity index (χ0n) is 13.5. The maximum Gasteiger partial charge on any atom is 0.322 e. The van der Waals surface area contributed by atoms with Gasteiger partial charge in [-0.1, -0.05) is 13.8 Å². The van der Waals surface area contributed by atoms with Crippen LogP contribution >= 0.6 is 0 Å². The Morgan fingerprint density at radius 1 is 1.00 bits per heavy atom. The van der Waals surface area contributed by atoms with Gasteiger partial charge >= 0.3 is 5.97 Å². The maximum absolute atomic E-state index is 11.8. The van der Waals surface area contributed by atoms with Gasteiger partial charge in [0.05, 0.1) is 19.0 Å². The quantitative estimate of drug-likeness (QED) is 0.238. The molecule has 11 nitrogen and oxygen atoms in total. The first-order valence-corrected chi connectivity index (χ1v) is 7.15. The molecule has 24 heavy (non-hydrogen) atoms. The second-order valence-corrected chi connectivity index (χ2v) is 5.40. The summed E-state index contributed by atoms with van der Waals surface area (Å²) in [6.07, 6.45) is -0.361. The summed E-state index contributed by atoms with van der Waals surface area (Å²) in [5, 5.41) is 15.3. The second kappa shape index (κ2) is 10.2. The van der Waals surface area contributed by atoms with Crippen LogP contribution in [0.2, 0.25) is 0 Å². The SMILES string of the molecule is CC(C)C(NC(=O)CNC(=O)C(N)CC(N)=O)C(=O)NCC(=O)O. The number of nitrogens with two attached hydrogens (primary N) is 2. The summed E-state index contributed by atoms with van der Waals surface area (Å²) in [5.74, 6) is -4.34. The van der Waals surface area contributed by atoms with E-state index in [1.54, 1.807) is 13.8 Å². The van der Waals surface area contributed by atoms with Crippen LogP contribution in [0.25, 0.3) is 0 Å². The molecule has 11 heteroatoms. The number of hydrogen-bond donors (Lipinski definition) is 6. The highest BCUT2D eigenvalue weighted by molar-refractivity contribution is 5.93. The Morgan fingerprint density at radius 3 is 2.00 bits per heavy atom. The number of aliphatic carboxylic acids is 1. The lowest BCUT2D eigenvalue weighted by Gasteiger charge is -2.21. The van der Waals surface area contributed by atoms with Gasteiger partial charge < -0.3 is 32.5 Å². The van der Waals surface area contributed by atoms with E-state index in [4.69, 9.17) is 16.6 Å². The molecule has 0 aliphatic carbocycles. The first-order chi connectivity index (χ1) is 11.0. The first kappa shape index (κ1) is 21.3. The van der Waals surface area contributed by atoms with Crippen LogP contribution in [0.4, 0.5) is 0 Å². The van der Waals surface area contributed by atoms with E-state index in [1.165, 1.54) is 0 Å². The molecule has 0 rings (SSSR count). The summed E-state index contributed by atoms with van der Waals surface area (Å²) in [6, 6.07) is -2.14. The molecule has 0 saturated carbocycles. The smallest absolute Gasteiger partial charge is 0.322 e. The van der Waals surface area contributed by atoms with Gasteiger partial charge in [-0.05, 0) is 5.92 Å². The molecule has 0 aliphatic heterocycles. The lowest BCUT2D eigenvalue weighted by atomic mass is 10.0. The van der Waals surface area contributed by atoms with E-state index in [0.29, 0.717) is 0 Å². The van der Waals surface area contributed by atoms with E-state index in [9.17, 15) is 24.0 Å². The summed E-state index contributed by atoms with van der Waals surface area (Å²) < 4.78 is 0. The van der Waals surface area contributed by atoms with E-state index < -0.39 is 54.8 Å². The van der Waals surface area contributed by atoms with Gasteiger partial charge in [0, 0.05) is 0 Å². The number of nitrogens with one attached hydrogen (secondary N) is 3. The molecule has 0 fully saturated rings. The topological polar surface area (TPSA) is 194 Å². The van der Waals surface area contributed by atoms with Crippen molar-refractivity contribution in [3.8, 4) is 0 Å². The summed E-state index contributed by atoms with van der Waals surface area (Å²) >= 11 is 0. The molecular weight excluding hydrogens is 322 g/mol. The zero-order valence-corrected chi connectivity index (χ0v) is 13.5. The molecule has 0 bridgehead atoms. The van der Waals surface area contributed by atoms with Crippen LogP contribution in [0.3, 0.4) is 0 Å². The molecule has 4 amide bonds. The van der Waals surface area contributed by atoms with Crippen molar-refractivity contribution in [2.75, 3.05) is 13.1 Å². The maximum atomic E-state index is 11.8. The fourth-order valence-corrected chi connectivity index (χ4v) is 1.64. The monoisotopic (exact) mass is 345 g/mol. The van der Waals surface area contributed by atoms with Crippen molar-refractivity contribution in [3.63, 3.8) is 0 Å². The average Bonchev–Trinajstić information content (AvgIpc) is 2.46. The third-order valence-electron chi connectivity index (χ3n) is 2.86. The Balaban J connectivity index is 4.48. The summed E-state index contributed by atoms with van der Waals surface area (Å²) in [4.78, 5) is 56.3. The highest BCUT2D eigenvalue weighted by atomic mass is 16.4. The standard InChI is InChI=1S/C13H23N5O6/c1-6(2)11(13(24)17-5-10(21)22)18-9(20)4-16-12(23)7(14)3-8(15)19/h6-7,11H,3-5,14H2,1-2H3,(H2,15,19)(H,16,23)(H,17,24)(H,18,20)(H,21,22). The number of carbonyl (C=O) groups excluding carboxylic acids is 4. The van der Waals surface area contributed by atoms with Crippen molar-refractivity contribution in [3.05, 3.63) is 0 Å². The molecule has 0 saturated heterocycles. The van der Waals surface area contributed by atoms with Crippen LogP contribution in [0.15, 0.2) is 0 Å². The molecule has 0 spiro atoms. The zero-order chi connectivity index (χ0) is 18.9. The number of carboxylic acids is 1. The molecule has 0 aromatic heterocycles. The van der Waals surface area contributed by atoms with Gasteiger partial charge in [-0.25, -0.2) is 0 Å². The van der Waals surface area contributed by atoms with Gasteiger partial charge in [0.2, 0.25) is 23.6 Å². The number of hydrogen-bond acceptors (Lipinski definition) is 6. The Kier molecular flexibility index (Phi) is 9.02. The summed E-state index contributed by atoms with van der Waals surface area (Å²) in [6.45, 7) is 2.29. The van der Waals surface area contributed by atoms with Crippen molar-refractivity contribution >= 4 is 29.6 Å². The van der Waals surface area contributed by atoms with Crippen LogP contribution < -0.4 is 27.4 Å². The Bertz CT molecular complexity index is 507. The summed E-state index contributed by atoms with van der Waals surface area (Å²) in [7, 11) is 0. The number of carbonyl (C=O) groups is 5. The summed E-state index contributed by atoms with van der Waals surface area (Å²) in [5.41, 5.74) is 10.3. The highest BCUT2D eigenvalue weighted by Gasteiger charge is 2.25. The van der Waals surface area contributed by atoms with Crippen molar-refractivity contribution in [1.82, 2.24) is 16.0 Å². The molecule has 136 valence electrons. The number of amides is 4. The predicted octanol–water partition coefficient (Wildman–Crippen LogP) is -3.35. The average molecular weight is 345 g/mol. The van der Waals surface area contributed by atoms with Crippen LogP contribution in [-0.2, 0) is 24.0 Å². The van der Waals surface area contributed by atoms with Gasteiger partial charge in [-0.2, -0.15) is 0 Å². The highest BCUT2D eigenvalue weighted by Crippen LogP contribution is 2.01. The molecule has 0 radical (unpaired) electrons. The number of rotatable bonds is 10. The Morgan fingerprint density at radius 2 is 1.54 bits per heavy atom. The van der Waals surface area contributed by atoms with Crippen LogP contribution in [0.1, 0.15) is 20.3 Å². The van der Waals surface area contributed by atoms with E-state index in [1.807, 2.05) is 0 Å². The lowest BCUT2D eigenvalue weighted by molar-refractivity contribution is -0.138. The van der Waals surface area contributed by atoms with E-state index in [2.05, 4.69) is 16.0 Å².